The summed E-state index contributed by atoms with van der Waals surface area (Å²) < 4.78 is 0. The molecular formula is C14H25N3O2. The number of urea groups is 1. The van der Waals surface area contributed by atoms with Gasteiger partial charge in [0.2, 0.25) is 5.91 Å². The van der Waals surface area contributed by atoms with Crippen LogP contribution in [0.25, 0.3) is 0 Å². The second-order valence-electron chi connectivity index (χ2n) is 5.50. The molecule has 0 aromatic carbocycles. The zero-order chi connectivity index (χ0) is 13.7. The number of carbonyl (C=O) groups excluding carboxylic acids is 2. The molecule has 2 rings (SSSR count). The number of hydrogen-bond donors (Lipinski definition) is 1. The van der Waals surface area contributed by atoms with Crippen LogP contribution < -0.4 is 5.32 Å². The Bertz CT molecular complexity index is 325. The van der Waals surface area contributed by atoms with E-state index in [4.69, 9.17) is 0 Å². The Hall–Kier alpha value is -1.26. The molecule has 5 nitrogen and oxygen atoms in total. The summed E-state index contributed by atoms with van der Waals surface area (Å²) in [5.74, 6) is -0.0251. The lowest BCUT2D eigenvalue weighted by Gasteiger charge is -2.37. The van der Waals surface area contributed by atoms with Crippen molar-refractivity contribution in [1.29, 1.82) is 0 Å². The maximum absolute atomic E-state index is 12.6. The van der Waals surface area contributed by atoms with Gasteiger partial charge in [-0.3, -0.25) is 4.79 Å². The highest BCUT2D eigenvalue weighted by Crippen LogP contribution is 2.20. The smallest absolute Gasteiger partial charge is 0.320 e. The lowest BCUT2D eigenvalue weighted by molar-refractivity contribution is -0.126. The number of nitrogens with one attached hydrogen (secondary N) is 1. The van der Waals surface area contributed by atoms with Crippen LogP contribution >= 0.6 is 0 Å². The summed E-state index contributed by atoms with van der Waals surface area (Å²) in [7, 11) is 1.64. The third-order valence-corrected chi connectivity index (χ3v) is 4.17. The zero-order valence-corrected chi connectivity index (χ0v) is 11.9. The highest BCUT2D eigenvalue weighted by atomic mass is 16.2. The van der Waals surface area contributed by atoms with Gasteiger partial charge in [-0.1, -0.05) is 12.8 Å². The van der Waals surface area contributed by atoms with Gasteiger partial charge >= 0.3 is 6.03 Å². The Balaban J connectivity index is 2.03. The van der Waals surface area contributed by atoms with E-state index < -0.39 is 0 Å². The molecular weight excluding hydrogens is 242 g/mol. The molecule has 0 saturated carbocycles. The summed E-state index contributed by atoms with van der Waals surface area (Å²) in [6.07, 6.45) is 7.42. The second kappa shape index (κ2) is 6.78. The molecule has 2 aliphatic heterocycles. The zero-order valence-electron chi connectivity index (χ0n) is 11.9. The van der Waals surface area contributed by atoms with Gasteiger partial charge < -0.3 is 15.1 Å². The first-order valence-electron chi connectivity index (χ1n) is 7.51. The summed E-state index contributed by atoms with van der Waals surface area (Å²) in [6, 6.07) is -0.204. The number of likely N-dealkylation sites (N-methyl/N-ethyl adjacent to an activating group) is 1. The van der Waals surface area contributed by atoms with Gasteiger partial charge in [-0.25, -0.2) is 4.79 Å². The molecule has 0 aromatic heterocycles. The molecule has 108 valence electrons. The maximum Gasteiger partial charge on any atom is 0.320 e. The Morgan fingerprint density at radius 1 is 0.947 bits per heavy atom. The summed E-state index contributed by atoms with van der Waals surface area (Å²) >= 11 is 0. The van der Waals surface area contributed by atoms with Crippen molar-refractivity contribution in [2.45, 2.75) is 51.0 Å². The van der Waals surface area contributed by atoms with Gasteiger partial charge in [0.25, 0.3) is 0 Å². The Morgan fingerprint density at radius 3 is 2.21 bits per heavy atom. The molecule has 0 aliphatic carbocycles. The first-order valence-corrected chi connectivity index (χ1v) is 7.51. The van der Waals surface area contributed by atoms with E-state index in [1.807, 2.05) is 4.90 Å². The quantitative estimate of drug-likeness (QED) is 0.784. The van der Waals surface area contributed by atoms with Gasteiger partial charge in [0.1, 0.15) is 6.04 Å². The van der Waals surface area contributed by atoms with Crippen LogP contribution in [-0.4, -0.2) is 54.5 Å². The van der Waals surface area contributed by atoms with Crippen molar-refractivity contribution >= 4 is 11.9 Å². The van der Waals surface area contributed by atoms with Crippen molar-refractivity contribution in [3.8, 4) is 0 Å². The molecule has 5 heteroatoms. The van der Waals surface area contributed by atoms with Gasteiger partial charge in [-0.15, -0.1) is 0 Å². The molecule has 2 saturated heterocycles. The van der Waals surface area contributed by atoms with Crippen LogP contribution in [0.3, 0.4) is 0 Å². The molecule has 0 spiro atoms. The molecule has 2 heterocycles. The SMILES string of the molecule is CNC(=O)C1CCCCN1C(=O)N1CCCCCC1. The number of likely N-dealkylation sites (tertiary alicyclic amines) is 2. The Labute approximate surface area is 115 Å². The molecule has 19 heavy (non-hydrogen) atoms. The molecule has 1 atom stereocenters. The van der Waals surface area contributed by atoms with E-state index in [0.717, 1.165) is 45.2 Å². The normalized spacial score (nSPS) is 24.8. The first-order chi connectivity index (χ1) is 9.24. The molecule has 3 amide bonds. The van der Waals surface area contributed by atoms with Crippen LogP contribution in [0, 0.1) is 0 Å². The number of amides is 3. The van der Waals surface area contributed by atoms with Crippen LogP contribution in [-0.2, 0) is 4.79 Å². The largest absolute Gasteiger partial charge is 0.357 e. The average molecular weight is 267 g/mol. The molecule has 0 radical (unpaired) electrons. The van der Waals surface area contributed by atoms with Crippen molar-refractivity contribution in [3.05, 3.63) is 0 Å². The number of rotatable bonds is 1. The van der Waals surface area contributed by atoms with E-state index in [0.29, 0.717) is 6.54 Å². The highest BCUT2D eigenvalue weighted by molar-refractivity contribution is 5.87. The summed E-state index contributed by atoms with van der Waals surface area (Å²) in [5.41, 5.74) is 0. The topological polar surface area (TPSA) is 52.7 Å². The Kier molecular flexibility index (Phi) is 5.05. The fourth-order valence-electron chi connectivity index (χ4n) is 3.04. The molecule has 0 aromatic rings. The standard InChI is InChI=1S/C14H25N3O2/c1-15-13(18)12-8-4-7-11-17(12)14(19)16-9-5-2-3-6-10-16/h12H,2-11H2,1H3,(H,15,18). The fraction of sp³-hybridized carbons (Fsp3) is 0.857. The van der Waals surface area contributed by atoms with Crippen LogP contribution in [0.15, 0.2) is 0 Å². The minimum atomic E-state index is -0.269. The lowest BCUT2D eigenvalue weighted by Crippen LogP contribution is -2.55. The van der Waals surface area contributed by atoms with Gasteiger partial charge in [0.05, 0.1) is 0 Å². The predicted octanol–water partition coefficient (Wildman–Crippen LogP) is 1.58. The van der Waals surface area contributed by atoms with E-state index in [2.05, 4.69) is 5.32 Å². The summed E-state index contributed by atoms with van der Waals surface area (Å²) in [4.78, 5) is 28.2. The summed E-state index contributed by atoms with van der Waals surface area (Å²) in [5, 5.41) is 2.68. The third-order valence-electron chi connectivity index (χ3n) is 4.17. The van der Waals surface area contributed by atoms with E-state index in [-0.39, 0.29) is 18.0 Å². The van der Waals surface area contributed by atoms with Gasteiger partial charge in [-0.2, -0.15) is 0 Å². The van der Waals surface area contributed by atoms with Crippen LogP contribution in [0.5, 0.6) is 0 Å². The van der Waals surface area contributed by atoms with Crippen molar-refractivity contribution in [2.75, 3.05) is 26.7 Å². The maximum atomic E-state index is 12.6. The summed E-state index contributed by atoms with van der Waals surface area (Å²) in [6.45, 7) is 2.40. The number of hydrogen-bond acceptors (Lipinski definition) is 2. The fourth-order valence-corrected chi connectivity index (χ4v) is 3.04. The van der Waals surface area contributed by atoms with Gasteiger partial charge in [0.15, 0.2) is 0 Å². The van der Waals surface area contributed by atoms with E-state index in [1.165, 1.54) is 12.8 Å². The van der Waals surface area contributed by atoms with Crippen LogP contribution in [0.4, 0.5) is 4.79 Å². The second-order valence-corrected chi connectivity index (χ2v) is 5.50. The minimum Gasteiger partial charge on any atom is -0.357 e. The van der Waals surface area contributed by atoms with E-state index in [9.17, 15) is 9.59 Å². The highest BCUT2D eigenvalue weighted by Gasteiger charge is 2.33. The van der Waals surface area contributed by atoms with E-state index >= 15 is 0 Å². The van der Waals surface area contributed by atoms with E-state index in [1.54, 1.807) is 11.9 Å². The molecule has 2 aliphatic rings. The van der Waals surface area contributed by atoms with Crippen molar-refractivity contribution in [3.63, 3.8) is 0 Å². The number of nitrogens with zero attached hydrogens (tertiary/aromatic N) is 2. The first kappa shape index (κ1) is 14.2. The molecule has 1 N–H and O–H groups in total. The number of piperidine rings is 1. The van der Waals surface area contributed by atoms with Crippen molar-refractivity contribution < 1.29 is 9.59 Å². The van der Waals surface area contributed by atoms with Gasteiger partial charge in [0, 0.05) is 26.7 Å². The number of carbonyl (C=O) groups is 2. The van der Waals surface area contributed by atoms with Crippen molar-refractivity contribution in [1.82, 2.24) is 15.1 Å². The monoisotopic (exact) mass is 267 g/mol. The molecule has 2 fully saturated rings. The van der Waals surface area contributed by atoms with Crippen LogP contribution in [0.1, 0.15) is 44.9 Å². The average Bonchev–Trinajstić information content (AvgIpc) is 2.74. The van der Waals surface area contributed by atoms with Crippen molar-refractivity contribution in [2.24, 2.45) is 0 Å². The molecule has 0 bridgehead atoms. The van der Waals surface area contributed by atoms with Gasteiger partial charge in [-0.05, 0) is 32.1 Å². The lowest BCUT2D eigenvalue weighted by atomic mass is 10.0. The predicted molar refractivity (Wildman–Crippen MR) is 73.8 cm³/mol. The minimum absolute atomic E-state index is 0.0251. The third kappa shape index (κ3) is 3.39. The Morgan fingerprint density at radius 2 is 1.58 bits per heavy atom. The molecule has 1 unspecified atom stereocenters. The van der Waals surface area contributed by atoms with Crippen LogP contribution in [0.2, 0.25) is 0 Å².